The average molecular weight is 288 g/mol. The molecule has 0 radical (unpaired) electrons. The molecule has 1 N–H and O–H groups in total. The summed E-state index contributed by atoms with van der Waals surface area (Å²) in [5.74, 6) is -0.0225. The highest BCUT2D eigenvalue weighted by molar-refractivity contribution is 6.08. The van der Waals surface area contributed by atoms with Crippen LogP contribution in [0.1, 0.15) is 45.6 Å². The van der Waals surface area contributed by atoms with Gasteiger partial charge in [-0.05, 0) is 30.9 Å². The van der Waals surface area contributed by atoms with Crippen LogP contribution in [0.5, 0.6) is 0 Å². The van der Waals surface area contributed by atoms with Gasteiger partial charge in [0, 0.05) is 5.69 Å². The quantitative estimate of drug-likeness (QED) is 0.905. The van der Waals surface area contributed by atoms with Crippen molar-refractivity contribution in [1.82, 2.24) is 5.32 Å². The molecule has 114 valence electrons. The van der Waals surface area contributed by atoms with Crippen LogP contribution >= 0.6 is 0 Å². The highest BCUT2D eigenvalue weighted by Gasteiger charge is 2.40. The van der Waals surface area contributed by atoms with E-state index in [4.69, 9.17) is 0 Å². The molecule has 0 saturated carbocycles. The fraction of sp³-hybridized carbons (Fsp3) is 0.529. The molecule has 0 spiro atoms. The molecule has 4 nitrogen and oxygen atoms in total. The molecule has 2 atom stereocenters. The van der Waals surface area contributed by atoms with Crippen molar-refractivity contribution >= 4 is 17.5 Å². The Labute approximate surface area is 126 Å². The summed E-state index contributed by atoms with van der Waals surface area (Å²) in [4.78, 5) is 26.9. The maximum absolute atomic E-state index is 12.8. The lowest BCUT2D eigenvalue weighted by Gasteiger charge is -2.39. The third-order valence-corrected chi connectivity index (χ3v) is 4.06. The zero-order valence-electron chi connectivity index (χ0n) is 13.1. The zero-order chi connectivity index (χ0) is 15.4. The highest BCUT2D eigenvalue weighted by Crippen LogP contribution is 2.28. The maximum Gasteiger partial charge on any atom is 0.250 e. The smallest absolute Gasteiger partial charge is 0.250 e. The number of carbonyl (C=O) groups excluding carboxylic acids is 2. The van der Waals surface area contributed by atoms with Crippen LogP contribution in [0.15, 0.2) is 24.3 Å². The fourth-order valence-electron chi connectivity index (χ4n) is 2.95. The van der Waals surface area contributed by atoms with Gasteiger partial charge in [0.05, 0.1) is 0 Å². The van der Waals surface area contributed by atoms with E-state index in [1.165, 1.54) is 0 Å². The Kier molecular flexibility index (Phi) is 4.99. The SMILES string of the molecule is CCCC1NC(=O)C(CC)N(c2ccccc2CC)C1=O. The van der Waals surface area contributed by atoms with Crippen LogP contribution in [0.3, 0.4) is 0 Å². The van der Waals surface area contributed by atoms with Gasteiger partial charge in [-0.3, -0.25) is 14.5 Å². The molecule has 2 amide bonds. The van der Waals surface area contributed by atoms with Crippen molar-refractivity contribution in [3.8, 4) is 0 Å². The van der Waals surface area contributed by atoms with Crippen molar-refractivity contribution in [1.29, 1.82) is 0 Å². The number of rotatable bonds is 5. The van der Waals surface area contributed by atoms with E-state index in [0.29, 0.717) is 12.8 Å². The van der Waals surface area contributed by atoms with Gasteiger partial charge in [-0.2, -0.15) is 0 Å². The van der Waals surface area contributed by atoms with E-state index >= 15 is 0 Å². The molecule has 2 unspecified atom stereocenters. The van der Waals surface area contributed by atoms with Crippen molar-refractivity contribution in [2.75, 3.05) is 4.90 Å². The Morgan fingerprint density at radius 1 is 1.14 bits per heavy atom. The molecular weight excluding hydrogens is 264 g/mol. The van der Waals surface area contributed by atoms with Crippen LogP contribution in [0.25, 0.3) is 0 Å². The Balaban J connectivity index is 2.44. The molecule has 1 saturated heterocycles. The molecule has 0 bridgehead atoms. The number of para-hydroxylation sites is 1. The molecule has 1 aliphatic rings. The molecule has 1 fully saturated rings. The lowest BCUT2D eigenvalue weighted by Crippen LogP contribution is -2.63. The normalized spacial score (nSPS) is 22.3. The first-order valence-corrected chi connectivity index (χ1v) is 7.85. The summed E-state index contributed by atoms with van der Waals surface area (Å²) >= 11 is 0. The van der Waals surface area contributed by atoms with Gasteiger partial charge in [0.1, 0.15) is 12.1 Å². The molecule has 0 aliphatic carbocycles. The van der Waals surface area contributed by atoms with Crippen molar-refractivity contribution < 1.29 is 9.59 Å². The second-order valence-corrected chi connectivity index (χ2v) is 5.46. The van der Waals surface area contributed by atoms with E-state index in [1.807, 2.05) is 38.1 Å². The van der Waals surface area contributed by atoms with Crippen molar-refractivity contribution in [3.63, 3.8) is 0 Å². The summed E-state index contributed by atoms with van der Waals surface area (Å²) in [5, 5.41) is 2.88. The van der Waals surface area contributed by atoms with Crippen molar-refractivity contribution in [3.05, 3.63) is 29.8 Å². The van der Waals surface area contributed by atoms with Gasteiger partial charge < -0.3 is 5.32 Å². The molecule has 4 heteroatoms. The van der Waals surface area contributed by atoms with Crippen LogP contribution in [0.4, 0.5) is 5.69 Å². The number of carbonyl (C=O) groups is 2. The number of aryl methyl sites for hydroxylation is 1. The largest absolute Gasteiger partial charge is 0.342 e. The molecule has 1 aliphatic heterocycles. The monoisotopic (exact) mass is 288 g/mol. The average Bonchev–Trinajstić information content (AvgIpc) is 2.50. The van der Waals surface area contributed by atoms with E-state index in [-0.39, 0.29) is 11.8 Å². The first kappa shape index (κ1) is 15.5. The molecule has 2 rings (SSSR count). The molecule has 1 aromatic rings. The third kappa shape index (κ3) is 2.94. The van der Waals surface area contributed by atoms with E-state index < -0.39 is 12.1 Å². The van der Waals surface area contributed by atoms with Gasteiger partial charge in [-0.25, -0.2) is 0 Å². The van der Waals surface area contributed by atoms with E-state index in [9.17, 15) is 9.59 Å². The van der Waals surface area contributed by atoms with Gasteiger partial charge in [-0.15, -0.1) is 0 Å². The Morgan fingerprint density at radius 2 is 1.86 bits per heavy atom. The minimum absolute atomic E-state index is 0.0178. The molecule has 1 aromatic carbocycles. The lowest BCUT2D eigenvalue weighted by molar-refractivity contribution is -0.134. The Morgan fingerprint density at radius 3 is 2.48 bits per heavy atom. The van der Waals surface area contributed by atoms with Crippen molar-refractivity contribution in [2.45, 2.75) is 58.5 Å². The van der Waals surface area contributed by atoms with Gasteiger partial charge in [0.2, 0.25) is 11.8 Å². The second kappa shape index (κ2) is 6.74. The van der Waals surface area contributed by atoms with Gasteiger partial charge >= 0.3 is 0 Å². The molecule has 21 heavy (non-hydrogen) atoms. The zero-order valence-corrected chi connectivity index (χ0v) is 13.1. The summed E-state index contributed by atoms with van der Waals surface area (Å²) in [7, 11) is 0. The number of anilines is 1. The number of nitrogens with one attached hydrogen (secondary N) is 1. The van der Waals surface area contributed by atoms with Gasteiger partial charge in [-0.1, -0.05) is 45.4 Å². The number of nitrogens with zero attached hydrogens (tertiary/aromatic N) is 1. The Hall–Kier alpha value is -1.84. The maximum atomic E-state index is 12.8. The van der Waals surface area contributed by atoms with E-state index in [1.54, 1.807) is 4.90 Å². The predicted molar refractivity (Wildman–Crippen MR) is 84.2 cm³/mol. The van der Waals surface area contributed by atoms with Crippen LogP contribution in [0, 0.1) is 0 Å². The second-order valence-electron chi connectivity index (χ2n) is 5.46. The number of hydrogen-bond donors (Lipinski definition) is 1. The number of piperazine rings is 1. The summed E-state index contributed by atoms with van der Waals surface area (Å²) < 4.78 is 0. The molecule has 0 aromatic heterocycles. The standard InChI is InChI=1S/C17H24N2O2/c1-4-9-13-17(21)19(14(6-3)16(20)18-13)15-11-8-7-10-12(15)5-2/h7-8,10-11,13-14H,4-6,9H2,1-3H3,(H,18,20). The van der Waals surface area contributed by atoms with E-state index in [2.05, 4.69) is 12.2 Å². The van der Waals surface area contributed by atoms with Crippen molar-refractivity contribution in [2.24, 2.45) is 0 Å². The Bertz CT molecular complexity index is 527. The number of hydrogen-bond acceptors (Lipinski definition) is 2. The first-order chi connectivity index (χ1) is 10.1. The van der Waals surface area contributed by atoms with Crippen LogP contribution in [-0.2, 0) is 16.0 Å². The lowest BCUT2D eigenvalue weighted by atomic mass is 9.99. The highest BCUT2D eigenvalue weighted by atomic mass is 16.2. The van der Waals surface area contributed by atoms with E-state index in [0.717, 1.165) is 24.1 Å². The summed E-state index contributed by atoms with van der Waals surface area (Å²) in [6.45, 7) is 6.03. The molecular formula is C17H24N2O2. The summed E-state index contributed by atoms with van der Waals surface area (Å²) in [6.07, 6.45) is 3.02. The number of amides is 2. The summed E-state index contributed by atoms with van der Waals surface area (Å²) in [6, 6.07) is 7.07. The van der Waals surface area contributed by atoms with Gasteiger partial charge in [0.15, 0.2) is 0 Å². The van der Waals surface area contributed by atoms with Crippen LogP contribution in [0.2, 0.25) is 0 Å². The number of benzene rings is 1. The van der Waals surface area contributed by atoms with Crippen LogP contribution in [-0.4, -0.2) is 23.9 Å². The predicted octanol–water partition coefficient (Wildman–Crippen LogP) is 2.66. The first-order valence-electron chi connectivity index (χ1n) is 7.85. The summed E-state index contributed by atoms with van der Waals surface area (Å²) in [5.41, 5.74) is 1.99. The van der Waals surface area contributed by atoms with Crippen LogP contribution < -0.4 is 10.2 Å². The minimum Gasteiger partial charge on any atom is -0.342 e. The topological polar surface area (TPSA) is 49.4 Å². The third-order valence-electron chi connectivity index (χ3n) is 4.06. The fourth-order valence-corrected chi connectivity index (χ4v) is 2.95. The minimum atomic E-state index is -0.404. The van der Waals surface area contributed by atoms with Gasteiger partial charge in [0.25, 0.3) is 0 Å². The molecule has 1 heterocycles.